The molecule has 3 rings (SSSR count). The SMILES string of the molecule is Cc1ccc2c(NC(=O)Cc3ccccc3C)c(C)ccc2n1. The van der Waals surface area contributed by atoms with Crippen LogP contribution in [0.3, 0.4) is 0 Å². The summed E-state index contributed by atoms with van der Waals surface area (Å²) in [5.41, 5.74) is 5.96. The van der Waals surface area contributed by atoms with Crippen LogP contribution in [0, 0.1) is 20.8 Å². The van der Waals surface area contributed by atoms with Crippen LogP contribution in [-0.2, 0) is 11.2 Å². The van der Waals surface area contributed by atoms with E-state index in [2.05, 4.69) is 10.3 Å². The summed E-state index contributed by atoms with van der Waals surface area (Å²) in [5.74, 6) is -0.00419. The highest BCUT2D eigenvalue weighted by molar-refractivity contribution is 6.03. The van der Waals surface area contributed by atoms with E-state index in [1.165, 1.54) is 0 Å². The highest BCUT2D eigenvalue weighted by Crippen LogP contribution is 2.26. The fourth-order valence-electron chi connectivity index (χ4n) is 2.75. The van der Waals surface area contributed by atoms with Crippen LogP contribution in [0.5, 0.6) is 0 Å². The van der Waals surface area contributed by atoms with Crippen molar-refractivity contribution in [2.24, 2.45) is 0 Å². The van der Waals surface area contributed by atoms with Crippen molar-refractivity contribution in [3.63, 3.8) is 0 Å². The lowest BCUT2D eigenvalue weighted by atomic mass is 10.0. The first-order valence-corrected chi connectivity index (χ1v) is 7.76. The minimum Gasteiger partial charge on any atom is -0.325 e. The molecule has 3 aromatic rings. The Kier molecular flexibility index (Phi) is 4.11. The number of aryl methyl sites for hydroxylation is 3. The Bertz CT molecular complexity index is 884. The van der Waals surface area contributed by atoms with Crippen molar-refractivity contribution in [2.75, 3.05) is 5.32 Å². The molecule has 0 unspecified atom stereocenters. The normalized spacial score (nSPS) is 10.7. The quantitative estimate of drug-likeness (QED) is 0.782. The Morgan fingerprint density at radius 2 is 1.74 bits per heavy atom. The number of nitrogens with zero attached hydrogens (tertiary/aromatic N) is 1. The maximum absolute atomic E-state index is 12.5. The predicted molar refractivity (Wildman–Crippen MR) is 94.7 cm³/mol. The molecule has 3 heteroatoms. The molecule has 0 aliphatic rings. The second-order valence-electron chi connectivity index (χ2n) is 5.93. The van der Waals surface area contributed by atoms with Gasteiger partial charge in [0.1, 0.15) is 0 Å². The molecule has 1 heterocycles. The molecule has 2 aromatic carbocycles. The van der Waals surface area contributed by atoms with Crippen molar-refractivity contribution in [2.45, 2.75) is 27.2 Å². The van der Waals surface area contributed by atoms with E-state index in [0.29, 0.717) is 6.42 Å². The van der Waals surface area contributed by atoms with E-state index in [1.807, 2.05) is 69.3 Å². The first-order chi connectivity index (χ1) is 11.0. The fraction of sp³-hybridized carbons (Fsp3) is 0.200. The van der Waals surface area contributed by atoms with Gasteiger partial charge in [-0.2, -0.15) is 0 Å². The molecular weight excluding hydrogens is 284 g/mol. The third-order valence-corrected chi connectivity index (χ3v) is 4.10. The third-order valence-electron chi connectivity index (χ3n) is 4.10. The van der Waals surface area contributed by atoms with Gasteiger partial charge in [-0.25, -0.2) is 0 Å². The Balaban J connectivity index is 1.90. The van der Waals surface area contributed by atoms with Crippen LogP contribution < -0.4 is 5.32 Å². The predicted octanol–water partition coefficient (Wildman–Crippen LogP) is 4.34. The number of hydrogen-bond acceptors (Lipinski definition) is 2. The Hall–Kier alpha value is -2.68. The topological polar surface area (TPSA) is 42.0 Å². The van der Waals surface area contributed by atoms with E-state index >= 15 is 0 Å². The van der Waals surface area contributed by atoms with E-state index in [4.69, 9.17) is 0 Å². The molecule has 0 atom stereocenters. The molecule has 23 heavy (non-hydrogen) atoms. The van der Waals surface area contributed by atoms with Gasteiger partial charge in [0.25, 0.3) is 0 Å². The molecule has 0 aliphatic carbocycles. The number of rotatable bonds is 3. The zero-order valence-electron chi connectivity index (χ0n) is 13.7. The molecule has 3 nitrogen and oxygen atoms in total. The summed E-state index contributed by atoms with van der Waals surface area (Å²) in [4.78, 5) is 17.0. The van der Waals surface area contributed by atoms with Crippen molar-refractivity contribution >= 4 is 22.5 Å². The van der Waals surface area contributed by atoms with Crippen LogP contribution in [0.25, 0.3) is 10.9 Å². The van der Waals surface area contributed by atoms with Gasteiger partial charge < -0.3 is 5.32 Å². The second-order valence-corrected chi connectivity index (χ2v) is 5.93. The summed E-state index contributed by atoms with van der Waals surface area (Å²) >= 11 is 0. The van der Waals surface area contributed by atoms with Gasteiger partial charge in [-0.15, -0.1) is 0 Å². The summed E-state index contributed by atoms with van der Waals surface area (Å²) in [6.07, 6.45) is 0.377. The molecule has 1 aromatic heterocycles. The zero-order chi connectivity index (χ0) is 16.4. The Morgan fingerprint density at radius 1 is 0.957 bits per heavy atom. The monoisotopic (exact) mass is 304 g/mol. The van der Waals surface area contributed by atoms with Crippen molar-refractivity contribution in [3.05, 3.63) is 70.9 Å². The smallest absolute Gasteiger partial charge is 0.228 e. The van der Waals surface area contributed by atoms with Gasteiger partial charge in [-0.3, -0.25) is 9.78 Å². The number of hydrogen-bond donors (Lipinski definition) is 1. The van der Waals surface area contributed by atoms with Crippen molar-refractivity contribution < 1.29 is 4.79 Å². The molecule has 0 bridgehead atoms. The molecule has 0 saturated heterocycles. The molecule has 1 N–H and O–H groups in total. The average molecular weight is 304 g/mol. The number of benzene rings is 2. The lowest BCUT2D eigenvalue weighted by Gasteiger charge is -2.13. The standard InChI is InChI=1S/C20H20N2O/c1-13-6-4-5-7-16(13)12-19(23)22-20-14(2)8-11-18-17(20)10-9-15(3)21-18/h4-11H,12H2,1-3H3,(H,22,23). The number of carbonyl (C=O) groups excluding carboxylic acids is 1. The number of pyridine rings is 1. The van der Waals surface area contributed by atoms with Crippen molar-refractivity contribution in [1.82, 2.24) is 4.98 Å². The van der Waals surface area contributed by atoms with Crippen LogP contribution >= 0.6 is 0 Å². The van der Waals surface area contributed by atoms with Gasteiger partial charge in [-0.1, -0.05) is 30.3 Å². The van der Waals surface area contributed by atoms with Crippen LogP contribution in [0.2, 0.25) is 0 Å². The largest absolute Gasteiger partial charge is 0.325 e. The lowest BCUT2D eigenvalue weighted by molar-refractivity contribution is -0.115. The molecule has 0 aliphatic heterocycles. The van der Waals surface area contributed by atoms with E-state index < -0.39 is 0 Å². The summed E-state index contributed by atoms with van der Waals surface area (Å²) in [7, 11) is 0. The molecule has 1 amide bonds. The van der Waals surface area contributed by atoms with Gasteiger partial charge in [0.05, 0.1) is 17.6 Å². The van der Waals surface area contributed by atoms with Gasteiger partial charge in [-0.05, 0) is 55.7 Å². The molecular formula is C20H20N2O. The third kappa shape index (κ3) is 3.24. The molecule has 0 saturated carbocycles. The van der Waals surface area contributed by atoms with E-state index in [1.54, 1.807) is 0 Å². The van der Waals surface area contributed by atoms with Gasteiger partial charge >= 0.3 is 0 Å². The Labute approximate surface area is 136 Å². The molecule has 0 spiro atoms. The number of nitrogens with one attached hydrogen (secondary N) is 1. The Morgan fingerprint density at radius 3 is 2.52 bits per heavy atom. The van der Waals surface area contributed by atoms with Gasteiger partial charge in [0.15, 0.2) is 0 Å². The number of fused-ring (bicyclic) bond motifs is 1. The number of anilines is 1. The maximum atomic E-state index is 12.5. The second kappa shape index (κ2) is 6.21. The molecule has 0 radical (unpaired) electrons. The first-order valence-electron chi connectivity index (χ1n) is 7.76. The van der Waals surface area contributed by atoms with Crippen molar-refractivity contribution in [1.29, 1.82) is 0 Å². The molecule has 0 fully saturated rings. The maximum Gasteiger partial charge on any atom is 0.228 e. The van der Waals surface area contributed by atoms with Crippen LogP contribution in [0.4, 0.5) is 5.69 Å². The highest BCUT2D eigenvalue weighted by Gasteiger charge is 2.11. The van der Waals surface area contributed by atoms with Crippen LogP contribution in [0.1, 0.15) is 22.4 Å². The summed E-state index contributed by atoms with van der Waals surface area (Å²) in [5, 5.41) is 4.05. The fourth-order valence-corrected chi connectivity index (χ4v) is 2.75. The summed E-state index contributed by atoms with van der Waals surface area (Å²) in [6.45, 7) is 6.00. The van der Waals surface area contributed by atoms with E-state index in [-0.39, 0.29) is 5.91 Å². The van der Waals surface area contributed by atoms with Gasteiger partial charge in [0.2, 0.25) is 5.91 Å². The summed E-state index contributed by atoms with van der Waals surface area (Å²) in [6, 6.07) is 16.0. The zero-order valence-corrected chi connectivity index (χ0v) is 13.7. The van der Waals surface area contributed by atoms with E-state index in [0.717, 1.165) is 39.0 Å². The summed E-state index contributed by atoms with van der Waals surface area (Å²) < 4.78 is 0. The average Bonchev–Trinajstić information content (AvgIpc) is 2.52. The number of carbonyl (C=O) groups is 1. The van der Waals surface area contributed by atoms with Crippen LogP contribution in [0.15, 0.2) is 48.5 Å². The number of aromatic nitrogens is 1. The molecule has 116 valence electrons. The number of amides is 1. The highest BCUT2D eigenvalue weighted by atomic mass is 16.1. The van der Waals surface area contributed by atoms with Crippen molar-refractivity contribution in [3.8, 4) is 0 Å². The van der Waals surface area contributed by atoms with Crippen LogP contribution in [-0.4, -0.2) is 10.9 Å². The minimum absolute atomic E-state index is 0.00419. The van der Waals surface area contributed by atoms with E-state index in [9.17, 15) is 4.79 Å². The minimum atomic E-state index is -0.00419. The lowest BCUT2D eigenvalue weighted by Crippen LogP contribution is -2.16. The first kappa shape index (κ1) is 15.2. The van der Waals surface area contributed by atoms with Gasteiger partial charge in [0, 0.05) is 11.1 Å².